The molecule has 3 aromatic carbocycles. The predicted molar refractivity (Wildman–Crippen MR) is 155 cm³/mol. The molecule has 5 aromatic rings. The number of nitrogens with zero attached hydrogens (tertiary/aromatic N) is 3. The molecule has 1 atom stereocenters. The molecule has 0 N–H and O–H groups in total. The van der Waals surface area contributed by atoms with Gasteiger partial charge < -0.3 is 23.5 Å². The van der Waals surface area contributed by atoms with Crippen LogP contribution < -0.4 is 9.47 Å². The molecule has 1 aliphatic heterocycles. The van der Waals surface area contributed by atoms with Crippen LogP contribution in [0.3, 0.4) is 0 Å². The maximum Gasteiger partial charge on any atom is 0.338 e. The van der Waals surface area contributed by atoms with Crippen molar-refractivity contribution in [2.45, 2.75) is 32.1 Å². The molecule has 0 bridgehead atoms. The Kier molecular flexibility index (Phi) is 8.40. The monoisotopic (exact) mass is 623 g/mol. The molecule has 1 saturated heterocycles. The van der Waals surface area contributed by atoms with Crippen LogP contribution in [-0.4, -0.2) is 40.3 Å². The van der Waals surface area contributed by atoms with Crippen molar-refractivity contribution >= 4 is 28.6 Å². The fourth-order valence-electron chi connectivity index (χ4n) is 4.82. The van der Waals surface area contributed by atoms with Crippen molar-refractivity contribution < 1.29 is 36.9 Å². The van der Waals surface area contributed by atoms with Crippen LogP contribution >= 0.6 is 11.6 Å². The molecule has 0 spiro atoms. The van der Waals surface area contributed by atoms with E-state index in [0.717, 1.165) is 18.6 Å². The number of imidazole rings is 1. The Balaban J connectivity index is 1.20. The molecular weight excluding hydrogens is 599 g/mol. The summed E-state index contributed by atoms with van der Waals surface area (Å²) in [6.07, 6.45) is 2.27. The molecular formula is C32H25ClF3N3O5. The summed E-state index contributed by atoms with van der Waals surface area (Å²) in [5.74, 6) is -1.44. The van der Waals surface area contributed by atoms with Crippen LogP contribution in [0.15, 0.2) is 66.9 Å². The number of benzene rings is 3. The van der Waals surface area contributed by atoms with Gasteiger partial charge in [-0.15, -0.1) is 0 Å². The first-order valence-electron chi connectivity index (χ1n) is 13.6. The molecule has 226 valence electrons. The van der Waals surface area contributed by atoms with E-state index in [0.29, 0.717) is 41.5 Å². The number of pyridine rings is 1. The molecule has 0 amide bonds. The number of hydrogen-bond donors (Lipinski definition) is 0. The Bertz CT molecular complexity index is 1860. The first-order chi connectivity index (χ1) is 21.3. The molecule has 0 radical (unpaired) electrons. The molecule has 2 aromatic heterocycles. The van der Waals surface area contributed by atoms with Crippen molar-refractivity contribution in [3.05, 3.63) is 112 Å². The standard InChI is InChI=1S/C32H25ClF3N3O5/c1-41-32(40)19-10-27(36)31-28(11-19)39(16-24-7-9-42-24)30(38-31)12-18-2-4-22(15-25(18)34)44-23-6-8-37-21(14-23)17-43-29-5-3-20(33)13-26(29)35/h2-6,8,10-11,13-15,24H,7,9,12,16-17H2,1H3. The fourth-order valence-corrected chi connectivity index (χ4v) is 4.98. The second kappa shape index (κ2) is 12.6. The number of halogens is 4. The van der Waals surface area contributed by atoms with E-state index in [1.807, 2.05) is 0 Å². The van der Waals surface area contributed by atoms with Gasteiger partial charge in [0, 0.05) is 36.4 Å². The number of carbonyl (C=O) groups excluding carboxylic acids is 1. The van der Waals surface area contributed by atoms with Crippen LogP contribution in [0.25, 0.3) is 11.0 Å². The summed E-state index contributed by atoms with van der Waals surface area (Å²) in [5.41, 5.74) is 1.29. The quantitative estimate of drug-likeness (QED) is 0.154. The second-order valence-corrected chi connectivity index (χ2v) is 10.6. The Labute approximate surface area is 254 Å². The van der Waals surface area contributed by atoms with Gasteiger partial charge in [0.1, 0.15) is 35.3 Å². The van der Waals surface area contributed by atoms with Gasteiger partial charge in [-0.3, -0.25) is 4.98 Å². The van der Waals surface area contributed by atoms with Crippen LogP contribution in [0.1, 0.15) is 33.9 Å². The lowest BCUT2D eigenvalue weighted by Gasteiger charge is -2.27. The highest BCUT2D eigenvalue weighted by molar-refractivity contribution is 6.30. The topological polar surface area (TPSA) is 84.7 Å². The molecule has 1 fully saturated rings. The minimum Gasteiger partial charge on any atom is -0.484 e. The van der Waals surface area contributed by atoms with Crippen molar-refractivity contribution in [2.75, 3.05) is 13.7 Å². The minimum absolute atomic E-state index is 0.0283. The van der Waals surface area contributed by atoms with E-state index < -0.39 is 23.4 Å². The van der Waals surface area contributed by atoms with E-state index in [2.05, 4.69) is 9.97 Å². The number of esters is 1. The largest absolute Gasteiger partial charge is 0.484 e. The number of hydrogen-bond acceptors (Lipinski definition) is 7. The van der Waals surface area contributed by atoms with Crippen molar-refractivity contribution in [3.63, 3.8) is 0 Å². The maximum atomic E-state index is 15.4. The SMILES string of the molecule is COC(=O)c1cc(F)c2nc(Cc3ccc(Oc4ccnc(COc5ccc(Cl)cc5F)c4)cc3F)n(CC3CCO3)c2c1. The van der Waals surface area contributed by atoms with Crippen molar-refractivity contribution in [1.29, 1.82) is 0 Å². The third-order valence-electron chi connectivity index (χ3n) is 7.15. The summed E-state index contributed by atoms with van der Waals surface area (Å²) in [5, 5.41) is 0.256. The summed E-state index contributed by atoms with van der Waals surface area (Å²) >= 11 is 5.78. The Morgan fingerprint density at radius 1 is 1.02 bits per heavy atom. The molecule has 44 heavy (non-hydrogen) atoms. The fraction of sp³-hybridized carbons (Fsp3) is 0.219. The predicted octanol–water partition coefficient (Wildman–Crippen LogP) is 7.04. The molecule has 0 aliphatic carbocycles. The van der Waals surface area contributed by atoms with Gasteiger partial charge in [-0.1, -0.05) is 17.7 Å². The summed E-state index contributed by atoms with van der Waals surface area (Å²) in [6, 6.07) is 14.3. The number of rotatable bonds is 10. The lowest BCUT2D eigenvalue weighted by Crippen LogP contribution is -2.31. The molecule has 3 heterocycles. The van der Waals surface area contributed by atoms with Gasteiger partial charge >= 0.3 is 5.97 Å². The third-order valence-corrected chi connectivity index (χ3v) is 7.39. The summed E-state index contributed by atoms with van der Waals surface area (Å²) in [7, 11) is 1.22. The average Bonchev–Trinajstić information content (AvgIpc) is 3.33. The van der Waals surface area contributed by atoms with E-state index in [4.69, 9.17) is 30.5 Å². The van der Waals surface area contributed by atoms with Gasteiger partial charge in [0.25, 0.3) is 0 Å². The van der Waals surface area contributed by atoms with Gasteiger partial charge in [0.05, 0.1) is 36.5 Å². The zero-order valence-corrected chi connectivity index (χ0v) is 24.1. The Hall–Kier alpha value is -4.61. The zero-order chi connectivity index (χ0) is 30.8. The van der Waals surface area contributed by atoms with Gasteiger partial charge in [0.15, 0.2) is 17.4 Å². The first-order valence-corrected chi connectivity index (χ1v) is 14.0. The summed E-state index contributed by atoms with van der Waals surface area (Å²) in [4.78, 5) is 20.8. The first kappa shape index (κ1) is 29.5. The van der Waals surface area contributed by atoms with Crippen LogP contribution in [0.5, 0.6) is 17.2 Å². The van der Waals surface area contributed by atoms with Crippen molar-refractivity contribution in [2.24, 2.45) is 0 Å². The maximum absolute atomic E-state index is 15.4. The molecule has 12 heteroatoms. The Morgan fingerprint density at radius 3 is 2.57 bits per heavy atom. The Morgan fingerprint density at radius 2 is 1.84 bits per heavy atom. The highest BCUT2D eigenvalue weighted by Crippen LogP contribution is 2.29. The van der Waals surface area contributed by atoms with Crippen LogP contribution in [0, 0.1) is 17.5 Å². The van der Waals surface area contributed by atoms with Crippen molar-refractivity contribution in [3.8, 4) is 17.2 Å². The van der Waals surface area contributed by atoms with E-state index in [1.165, 1.54) is 37.6 Å². The van der Waals surface area contributed by atoms with E-state index >= 15 is 8.78 Å². The van der Waals surface area contributed by atoms with Crippen molar-refractivity contribution in [1.82, 2.24) is 14.5 Å². The molecule has 0 saturated carbocycles. The highest BCUT2D eigenvalue weighted by Gasteiger charge is 2.24. The normalized spacial score (nSPS) is 14.3. The van der Waals surface area contributed by atoms with E-state index in [1.54, 1.807) is 28.8 Å². The lowest BCUT2D eigenvalue weighted by molar-refractivity contribution is -0.0589. The van der Waals surface area contributed by atoms with Gasteiger partial charge in [-0.25, -0.2) is 22.9 Å². The lowest BCUT2D eigenvalue weighted by atomic mass is 10.1. The highest BCUT2D eigenvalue weighted by atomic mass is 35.5. The van der Waals surface area contributed by atoms with Crippen LogP contribution in [-0.2, 0) is 29.0 Å². The molecule has 6 rings (SSSR count). The summed E-state index contributed by atoms with van der Waals surface area (Å²) < 4.78 is 67.8. The number of fused-ring (bicyclic) bond motifs is 1. The van der Waals surface area contributed by atoms with Crippen LogP contribution in [0.4, 0.5) is 13.2 Å². The molecule has 1 unspecified atom stereocenters. The van der Waals surface area contributed by atoms with Gasteiger partial charge in [-0.2, -0.15) is 0 Å². The van der Waals surface area contributed by atoms with Crippen LogP contribution in [0.2, 0.25) is 5.02 Å². The zero-order valence-electron chi connectivity index (χ0n) is 23.4. The number of ether oxygens (including phenoxy) is 4. The number of methoxy groups -OCH3 is 1. The van der Waals surface area contributed by atoms with Gasteiger partial charge in [0.2, 0.25) is 0 Å². The average molecular weight is 624 g/mol. The smallest absolute Gasteiger partial charge is 0.338 e. The summed E-state index contributed by atoms with van der Waals surface area (Å²) in [6.45, 7) is 0.965. The van der Waals surface area contributed by atoms with Gasteiger partial charge in [-0.05, 0) is 54.4 Å². The van der Waals surface area contributed by atoms with E-state index in [9.17, 15) is 9.18 Å². The number of aromatic nitrogens is 3. The number of carbonyl (C=O) groups is 1. The third kappa shape index (κ3) is 6.34. The second-order valence-electron chi connectivity index (χ2n) is 10.1. The minimum atomic E-state index is -0.679. The van der Waals surface area contributed by atoms with E-state index in [-0.39, 0.29) is 46.7 Å². The molecule has 8 nitrogen and oxygen atoms in total. The molecule has 1 aliphatic rings.